The van der Waals surface area contributed by atoms with Crippen molar-refractivity contribution in [3.8, 4) is 0 Å². The molecule has 0 radical (unpaired) electrons. The fourth-order valence-electron chi connectivity index (χ4n) is 4.03. The Morgan fingerprint density at radius 3 is 2.86 bits per heavy atom. The van der Waals surface area contributed by atoms with E-state index in [1.165, 1.54) is 6.39 Å². The van der Waals surface area contributed by atoms with Crippen LogP contribution in [0.3, 0.4) is 0 Å². The Hall–Kier alpha value is -3.15. The molecule has 29 heavy (non-hydrogen) atoms. The second-order valence-electron chi connectivity index (χ2n) is 7.50. The molecule has 6 heteroatoms. The van der Waals surface area contributed by atoms with Crippen LogP contribution in [0, 0.1) is 5.92 Å². The molecule has 1 saturated heterocycles. The summed E-state index contributed by atoms with van der Waals surface area (Å²) in [4.78, 5) is 32.1. The number of aromatic nitrogens is 1. The minimum absolute atomic E-state index is 0.0113. The van der Waals surface area contributed by atoms with Crippen molar-refractivity contribution in [2.45, 2.75) is 32.2 Å². The number of hydrogen-bond donors (Lipinski definition) is 1. The van der Waals surface area contributed by atoms with Gasteiger partial charge in [0.05, 0.1) is 12.0 Å². The molecule has 1 fully saturated rings. The fraction of sp³-hybridized carbons (Fsp3) is 0.348. The summed E-state index contributed by atoms with van der Waals surface area (Å²) in [5.41, 5.74) is 1.42. The molecule has 6 nitrogen and oxygen atoms in total. The predicted octanol–water partition coefficient (Wildman–Crippen LogP) is 3.95. The molecule has 2 amide bonds. The Morgan fingerprint density at radius 2 is 2.07 bits per heavy atom. The van der Waals surface area contributed by atoms with Crippen molar-refractivity contribution in [2.75, 3.05) is 13.1 Å². The number of fused-ring (bicyclic) bond motifs is 1. The summed E-state index contributed by atoms with van der Waals surface area (Å²) in [7, 11) is 0. The number of likely N-dealkylation sites (tertiary alicyclic amines) is 1. The van der Waals surface area contributed by atoms with Gasteiger partial charge in [0.25, 0.3) is 5.91 Å². The molecule has 1 N–H and O–H groups in total. The number of carbonyl (C=O) groups is 2. The topological polar surface area (TPSA) is 75.4 Å². The number of hydrogen-bond acceptors (Lipinski definition) is 4. The number of piperidine rings is 1. The molecule has 2 atom stereocenters. The normalized spacial score (nSPS) is 17.8. The van der Waals surface area contributed by atoms with Crippen LogP contribution in [-0.4, -0.2) is 34.8 Å². The number of nitrogens with zero attached hydrogens (tertiary/aromatic N) is 2. The first-order chi connectivity index (χ1) is 14.2. The highest BCUT2D eigenvalue weighted by Gasteiger charge is 2.30. The van der Waals surface area contributed by atoms with Gasteiger partial charge in [0, 0.05) is 18.7 Å². The Bertz CT molecular complexity index is 994. The third-order valence-corrected chi connectivity index (χ3v) is 5.63. The summed E-state index contributed by atoms with van der Waals surface area (Å²) in [5, 5.41) is 5.06. The predicted molar refractivity (Wildman–Crippen MR) is 110 cm³/mol. The molecule has 0 bridgehead atoms. The second-order valence-corrected chi connectivity index (χ2v) is 7.50. The SMILES string of the molecule is CCC(NC(=O)C1CCCN(C(=O)c2cccc3ccccc23)C1)c1cocn1. The molecule has 1 aliphatic heterocycles. The summed E-state index contributed by atoms with van der Waals surface area (Å²) in [6.45, 7) is 3.10. The fourth-order valence-corrected chi connectivity index (χ4v) is 4.03. The highest BCUT2D eigenvalue weighted by molar-refractivity contribution is 6.07. The van der Waals surface area contributed by atoms with Gasteiger partial charge in [-0.15, -0.1) is 0 Å². The lowest BCUT2D eigenvalue weighted by atomic mass is 9.95. The van der Waals surface area contributed by atoms with E-state index in [9.17, 15) is 9.59 Å². The van der Waals surface area contributed by atoms with Crippen LogP contribution in [0.4, 0.5) is 0 Å². The monoisotopic (exact) mass is 391 g/mol. The first kappa shape index (κ1) is 19.2. The Morgan fingerprint density at radius 1 is 1.24 bits per heavy atom. The highest BCUT2D eigenvalue weighted by atomic mass is 16.3. The number of nitrogens with one attached hydrogen (secondary N) is 1. The second kappa shape index (κ2) is 8.47. The maximum absolute atomic E-state index is 13.2. The largest absolute Gasteiger partial charge is 0.451 e. The molecule has 1 aromatic heterocycles. The van der Waals surface area contributed by atoms with Gasteiger partial charge in [0.15, 0.2) is 6.39 Å². The zero-order valence-corrected chi connectivity index (χ0v) is 16.5. The molecule has 2 heterocycles. The van der Waals surface area contributed by atoms with Gasteiger partial charge in [0.1, 0.15) is 12.0 Å². The molecule has 3 aromatic rings. The first-order valence-electron chi connectivity index (χ1n) is 10.1. The van der Waals surface area contributed by atoms with Crippen LogP contribution < -0.4 is 5.32 Å². The zero-order valence-electron chi connectivity index (χ0n) is 16.5. The van der Waals surface area contributed by atoms with Crippen LogP contribution in [0.25, 0.3) is 10.8 Å². The van der Waals surface area contributed by atoms with Crippen molar-refractivity contribution in [2.24, 2.45) is 5.92 Å². The van der Waals surface area contributed by atoms with Crippen LogP contribution in [0.5, 0.6) is 0 Å². The summed E-state index contributed by atoms with van der Waals surface area (Å²) in [6.07, 6.45) is 5.25. The molecule has 2 aromatic carbocycles. The standard InChI is InChI=1S/C23H25N3O3/c1-2-20(21-14-29-15-24-21)25-22(27)17-9-6-12-26(13-17)23(28)19-11-5-8-16-7-3-4-10-18(16)19/h3-5,7-8,10-11,14-15,17,20H,2,6,9,12-13H2,1H3,(H,25,27). The van der Waals surface area contributed by atoms with E-state index < -0.39 is 0 Å². The van der Waals surface area contributed by atoms with Crippen LogP contribution in [0.1, 0.15) is 48.3 Å². The lowest BCUT2D eigenvalue weighted by Crippen LogP contribution is -2.46. The average molecular weight is 391 g/mol. The van der Waals surface area contributed by atoms with Crippen LogP contribution >= 0.6 is 0 Å². The summed E-state index contributed by atoms with van der Waals surface area (Å²) < 4.78 is 5.04. The van der Waals surface area contributed by atoms with Crippen LogP contribution in [0.15, 0.2) is 59.5 Å². The van der Waals surface area contributed by atoms with E-state index in [1.807, 2.05) is 54.3 Å². The Labute approximate surface area is 169 Å². The van der Waals surface area contributed by atoms with Crippen molar-refractivity contribution in [1.82, 2.24) is 15.2 Å². The molecule has 1 aliphatic rings. The van der Waals surface area contributed by atoms with Gasteiger partial charge in [-0.25, -0.2) is 4.98 Å². The molecular formula is C23H25N3O3. The van der Waals surface area contributed by atoms with Crippen molar-refractivity contribution in [3.63, 3.8) is 0 Å². The minimum Gasteiger partial charge on any atom is -0.451 e. The van der Waals surface area contributed by atoms with E-state index in [0.717, 1.165) is 35.7 Å². The van der Waals surface area contributed by atoms with Gasteiger partial charge >= 0.3 is 0 Å². The van der Waals surface area contributed by atoms with Crippen molar-refractivity contribution < 1.29 is 14.0 Å². The number of rotatable bonds is 5. The number of oxazole rings is 1. The summed E-state index contributed by atoms with van der Waals surface area (Å²) in [6, 6.07) is 13.5. The Kier molecular flexibility index (Phi) is 5.60. The molecule has 150 valence electrons. The molecular weight excluding hydrogens is 366 g/mol. The third-order valence-electron chi connectivity index (χ3n) is 5.63. The smallest absolute Gasteiger partial charge is 0.254 e. The number of benzene rings is 2. The van der Waals surface area contributed by atoms with Crippen molar-refractivity contribution in [3.05, 3.63) is 66.4 Å². The molecule has 0 spiro atoms. The molecule has 4 rings (SSSR count). The van der Waals surface area contributed by atoms with Gasteiger partial charge in [-0.2, -0.15) is 0 Å². The summed E-state index contributed by atoms with van der Waals surface area (Å²) >= 11 is 0. The van der Waals surface area contributed by atoms with E-state index in [1.54, 1.807) is 6.26 Å². The molecule has 0 saturated carbocycles. The van der Waals surface area contributed by atoms with E-state index in [0.29, 0.717) is 18.7 Å². The van der Waals surface area contributed by atoms with Crippen LogP contribution in [0.2, 0.25) is 0 Å². The maximum Gasteiger partial charge on any atom is 0.254 e. The van der Waals surface area contributed by atoms with Gasteiger partial charge in [0.2, 0.25) is 5.91 Å². The van der Waals surface area contributed by atoms with Gasteiger partial charge < -0.3 is 14.6 Å². The highest BCUT2D eigenvalue weighted by Crippen LogP contribution is 2.24. The van der Waals surface area contributed by atoms with Gasteiger partial charge in [-0.1, -0.05) is 43.3 Å². The first-order valence-corrected chi connectivity index (χ1v) is 10.1. The average Bonchev–Trinajstić information content (AvgIpc) is 3.31. The minimum atomic E-state index is -0.219. The van der Waals surface area contributed by atoms with Crippen molar-refractivity contribution in [1.29, 1.82) is 0 Å². The van der Waals surface area contributed by atoms with E-state index in [-0.39, 0.29) is 23.8 Å². The maximum atomic E-state index is 13.2. The molecule has 2 unspecified atom stereocenters. The van der Waals surface area contributed by atoms with Crippen molar-refractivity contribution >= 4 is 22.6 Å². The molecule has 0 aliphatic carbocycles. The zero-order chi connectivity index (χ0) is 20.2. The van der Waals surface area contributed by atoms with Gasteiger partial charge in [-0.3, -0.25) is 9.59 Å². The lowest BCUT2D eigenvalue weighted by molar-refractivity contribution is -0.127. The number of carbonyl (C=O) groups excluding carboxylic acids is 2. The summed E-state index contributed by atoms with van der Waals surface area (Å²) in [5.74, 6) is -0.262. The van der Waals surface area contributed by atoms with E-state index >= 15 is 0 Å². The quantitative estimate of drug-likeness (QED) is 0.715. The number of amides is 2. The third kappa shape index (κ3) is 4.01. The Balaban J connectivity index is 1.47. The lowest BCUT2D eigenvalue weighted by Gasteiger charge is -2.33. The van der Waals surface area contributed by atoms with E-state index in [4.69, 9.17) is 4.42 Å². The van der Waals surface area contributed by atoms with E-state index in [2.05, 4.69) is 10.3 Å². The van der Waals surface area contributed by atoms with Crippen LogP contribution in [-0.2, 0) is 4.79 Å². The van der Waals surface area contributed by atoms with Gasteiger partial charge in [-0.05, 0) is 36.1 Å².